The molecule has 0 unspecified atom stereocenters. The van der Waals surface area contributed by atoms with E-state index >= 15 is 0 Å². The molecule has 0 N–H and O–H groups in total. The summed E-state index contributed by atoms with van der Waals surface area (Å²) in [6, 6.07) is 8.66. The quantitative estimate of drug-likeness (QED) is 0.780. The number of carbonyl (C=O) groups is 1. The monoisotopic (exact) mass is 265 g/mol. The average Bonchev–Trinajstić information content (AvgIpc) is 2.49. The molecule has 1 aromatic carbocycles. The third kappa shape index (κ3) is 1.95. The van der Waals surface area contributed by atoms with Gasteiger partial charge in [-0.15, -0.1) is 0 Å². The summed E-state index contributed by atoms with van der Waals surface area (Å²) < 4.78 is 25.7. The maximum atomic E-state index is 12.4. The molecule has 18 heavy (non-hydrogen) atoms. The molecule has 0 spiro atoms. The van der Waals surface area contributed by atoms with Crippen molar-refractivity contribution in [3.63, 3.8) is 0 Å². The van der Waals surface area contributed by atoms with Gasteiger partial charge in [0.2, 0.25) is 0 Å². The Morgan fingerprint density at radius 1 is 1.06 bits per heavy atom. The van der Waals surface area contributed by atoms with E-state index in [0.29, 0.717) is 5.56 Å². The van der Waals surface area contributed by atoms with Gasteiger partial charge in [0.1, 0.15) is 4.91 Å². The summed E-state index contributed by atoms with van der Waals surface area (Å²) >= 11 is 0. The van der Waals surface area contributed by atoms with Crippen molar-refractivity contribution >= 4 is 20.8 Å². The molecule has 0 saturated carbocycles. The molecule has 96 valence electrons. The first-order chi connectivity index (χ1) is 8.24. The zero-order valence-corrected chi connectivity index (χ0v) is 11.4. The first-order valence-electron chi connectivity index (χ1n) is 5.61. The molecule has 1 aliphatic heterocycles. The van der Waals surface area contributed by atoms with E-state index < -0.39 is 21.5 Å². The zero-order chi connectivity index (χ0) is 13.6. The van der Waals surface area contributed by atoms with Crippen molar-refractivity contribution in [1.29, 1.82) is 0 Å². The zero-order valence-electron chi connectivity index (χ0n) is 10.5. The van der Waals surface area contributed by atoms with Crippen LogP contribution >= 0.6 is 0 Å². The van der Waals surface area contributed by atoms with Gasteiger partial charge in [0.15, 0.2) is 0 Å². The highest BCUT2D eigenvalue weighted by atomic mass is 32.2. The Kier molecular flexibility index (Phi) is 2.81. The summed E-state index contributed by atoms with van der Waals surface area (Å²) in [5, 5.41) is 0. The van der Waals surface area contributed by atoms with Gasteiger partial charge in [-0.1, -0.05) is 30.3 Å². The normalized spacial score (nSPS) is 18.9. The third-order valence-electron chi connectivity index (χ3n) is 2.64. The Bertz CT molecular complexity index is 609. The van der Waals surface area contributed by atoms with Gasteiger partial charge in [0.25, 0.3) is 15.9 Å². The molecule has 1 aliphatic rings. The predicted octanol–water partition coefficient (Wildman–Crippen LogP) is 2.00. The van der Waals surface area contributed by atoms with Crippen LogP contribution in [-0.2, 0) is 14.8 Å². The van der Waals surface area contributed by atoms with Crippen LogP contribution in [0.5, 0.6) is 0 Å². The van der Waals surface area contributed by atoms with Crippen molar-refractivity contribution < 1.29 is 13.2 Å². The highest BCUT2D eigenvalue weighted by Gasteiger charge is 2.44. The number of hydrogen-bond donors (Lipinski definition) is 0. The smallest absolute Gasteiger partial charge is 0.268 e. The van der Waals surface area contributed by atoms with Crippen LogP contribution in [0.2, 0.25) is 0 Å². The lowest BCUT2D eigenvalue weighted by Gasteiger charge is -2.30. The van der Waals surface area contributed by atoms with Gasteiger partial charge in [-0.2, -0.15) is 0 Å². The fourth-order valence-electron chi connectivity index (χ4n) is 1.99. The van der Waals surface area contributed by atoms with E-state index in [-0.39, 0.29) is 4.91 Å². The standard InChI is InChI=1S/C13H15NO3S/c1-13(2,3)14-12(15)9-11(18(14,16)17)10-7-5-4-6-8-10/h4-9H,1-3H3. The Morgan fingerprint density at radius 3 is 2.06 bits per heavy atom. The van der Waals surface area contributed by atoms with Gasteiger partial charge in [-0.3, -0.25) is 4.79 Å². The Labute approximate surface area is 107 Å². The molecule has 1 amide bonds. The molecule has 0 atom stereocenters. The predicted molar refractivity (Wildman–Crippen MR) is 69.9 cm³/mol. The molecule has 1 heterocycles. The molecular weight excluding hydrogens is 250 g/mol. The number of amides is 1. The fraction of sp³-hybridized carbons (Fsp3) is 0.308. The molecular formula is C13H15NO3S. The molecule has 0 aromatic heterocycles. The maximum absolute atomic E-state index is 12.4. The van der Waals surface area contributed by atoms with Gasteiger partial charge < -0.3 is 0 Å². The van der Waals surface area contributed by atoms with Gasteiger partial charge in [-0.05, 0) is 26.3 Å². The molecule has 0 radical (unpaired) electrons. The van der Waals surface area contributed by atoms with Crippen LogP contribution in [0.3, 0.4) is 0 Å². The van der Waals surface area contributed by atoms with Crippen LogP contribution in [0, 0.1) is 0 Å². The van der Waals surface area contributed by atoms with E-state index in [1.165, 1.54) is 6.08 Å². The molecule has 0 saturated heterocycles. The van der Waals surface area contributed by atoms with E-state index in [9.17, 15) is 13.2 Å². The number of benzene rings is 1. The first-order valence-corrected chi connectivity index (χ1v) is 7.05. The molecule has 2 rings (SSSR count). The van der Waals surface area contributed by atoms with Crippen LogP contribution in [0.1, 0.15) is 26.3 Å². The van der Waals surface area contributed by atoms with E-state index in [0.717, 1.165) is 4.31 Å². The SMILES string of the molecule is CC(C)(C)N1C(=O)C=C(c2ccccc2)S1(=O)=O. The number of hydrogen-bond acceptors (Lipinski definition) is 3. The van der Waals surface area contributed by atoms with Crippen molar-refractivity contribution in [3.8, 4) is 0 Å². The van der Waals surface area contributed by atoms with Gasteiger partial charge in [-0.25, -0.2) is 12.7 Å². The fourth-order valence-corrected chi connectivity index (χ4v) is 3.88. The summed E-state index contributed by atoms with van der Waals surface area (Å²) in [5.41, 5.74) is -0.222. The number of nitrogens with zero attached hydrogens (tertiary/aromatic N) is 1. The number of sulfonamides is 1. The van der Waals surface area contributed by atoms with Crippen LogP contribution in [0.25, 0.3) is 4.91 Å². The van der Waals surface area contributed by atoms with Crippen LogP contribution < -0.4 is 0 Å². The maximum Gasteiger partial charge on any atom is 0.268 e. The summed E-state index contributed by atoms with van der Waals surface area (Å²) in [6.07, 6.45) is 1.19. The Morgan fingerprint density at radius 2 is 1.61 bits per heavy atom. The number of carbonyl (C=O) groups excluding carboxylic acids is 1. The minimum atomic E-state index is -3.74. The largest absolute Gasteiger partial charge is 0.269 e. The van der Waals surface area contributed by atoms with E-state index in [4.69, 9.17) is 0 Å². The highest BCUT2D eigenvalue weighted by molar-refractivity contribution is 7.99. The van der Waals surface area contributed by atoms with Crippen LogP contribution in [-0.4, -0.2) is 24.2 Å². The lowest BCUT2D eigenvalue weighted by molar-refractivity contribution is -0.123. The van der Waals surface area contributed by atoms with E-state index in [1.54, 1.807) is 51.1 Å². The molecule has 4 nitrogen and oxygen atoms in total. The highest BCUT2D eigenvalue weighted by Crippen LogP contribution is 2.35. The van der Waals surface area contributed by atoms with Gasteiger partial charge in [0, 0.05) is 6.08 Å². The summed E-state index contributed by atoms with van der Waals surface area (Å²) in [6.45, 7) is 5.10. The molecule has 1 aromatic rings. The Hall–Kier alpha value is -1.62. The van der Waals surface area contributed by atoms with E-state index in [1.807, 2.05) is 0 Å². The second-order valence-electron chi connectivity index (χ2n) is 5.15. The van der Waals surface area contributed by atoms with Crippen molar-refractivity contribution in [2.45, 2.75) is 26.3 Å². The average molecular weight is 265 g/mol. The van der Waals surface area contributed by atoms with E-state index in [2.05, 4.69) is 0 Å². The first kappa shape index (κ1) is 12.8. The molecule has 0 fully saturated rings. The second-order valence-corrected chi connectivity index (χ2v) is 6.91. The summed E-state index contributed by atoms with van der Waals surface area (Å²) in [5.74, 6) is -0.485. The topological polar surface area (TPSA) is 54.5 Å². The molecule has 5 heteroatoms. The Balaban J connectivity index is 2.55. The summed E-state index contributed by atoms with van der Waals surface area (Å²) in [4.78, 5) is 12.0. The van der Waals surface area contributed by atoms with Crippen molar-refractivity contribution in [2.75, 3.05) is 0 Å². The third-order valence-corrected chi connectivity index (χ3v) is 4.76. The van der Waals surface area contributed by atoms with Crippen molar-refractivity contribution in [2.24, 2.45) is 0 Å². The minimum Gasteiger partial charge on any atom is -0.269 e. The van der Waals surface area contributed by atoms with Gasteiger partial charge in [0.05, 0.1) is 5.54 Å². The molecule has 0 aliphatic carbocycles. The lowest BCUT2D eigenvalue weighted by Crippen LogP contribution is -2.45. The van der Waals surface area contributed by atoms with Crippen molar-refractivity contribution in [3.05, 3.63) is 42.0 Å². The van der Waals surface area contributed by atoms with Crippen molar-refractivity contribution in [1.82, 2.24) is 4.31 Å². The molecule has 0 bridgehead atoms. The second kappa shape index (κ2) is 3.95. The minimum absolute atomic E-state index is 0.0722. The van der Waals surface area contributed by atoms with Crippen LogP contribution in [0.15, 0.2) is 36.4 Å². The van der Waals surface area contributed by atoms with Crippen LogP contribution in [0.4, 0.5) is 0 Å². The lowest BCUT2D eigenvalue weighted by atomic mass is 10.1. The van der Waals surface area contributed by atoms with Gasteiger partial charge >= 0.3 is 0 Å². The number of rotatable bonds is 1. The summed E-state index contributed by atoms with van der Waals surface area (Å²) in [7, 11) is -3.74.